The van der Waals surface area contributed by atoms with E-state index in [1.807, 2.05) is 60.7 Å². The van der Waals surface area contributed by atoms with Crippen LogP contribution in [0.15, 0.2) is 96.2 Å². The maximum atomic E-state index is 12.2. The van der Waals surface area contributed by atoms with Crippen LogP contribution in [0.1, 0.15) is 72.4 Å². The fraction of sp³-hybridized carbons (Fsp3) is 0.258. The van der Waals surface area contributed by atoms with Gasteiger partial charge >= 0.3 is 5.97 Å². The minimum Gasteiger partial charge on any atom is -0.462 e. The number of allylic oxidation sites excluding steroid dienone is 1. The first-order chi connectivity index (χ1) is 16.2. The molecule has 0 aliphatic rings. The van der Waals surface area contributed by atoms with Crippen molar-refractivity contribution in [1.29, 1.82) is 0 Å². The Labute approximate surface area is 202 Å². The molecule has 0 aliphatic heterocycles. The van der Waals surface area contributed by atoms with Crippen LogP contribution in [0.4, 0.5) is 0 Å². The van der Waals surface area contributed by atoms with E-state index in [1.54, 1.807) is 19.1 Å². The highest BCUT2D eigenvalue weighted by atomic mass is 16.5. The van der Waals surface area contributed by atoms with Crippen molar-refractivity contribution >= 4 is 17.3 Å². The third-order valence-electron chi connectivity index (χ3n) is 5.75. The summed E-state index contributed by atoms with van der Waals surface area (Å²) in [5, 5.41) is 0. The lowest BCUT2D eigenvalue weighted by atomic mass is 9.83. The molecule has 3 aromatic rings. The highest BCUT2D eigenvalue weighted by molar-refractivity contribution is 5.94. The van der Waals surface area contributed by atoms with Crippen molar-refractivity contribution in [2.45, 2.75) is 40.5 Å². The molecule has 0 heterocycles. The monoisotopic (exact) mass is 452 g/mol. The maximum absolute atomic E-state index is 12.2. The van der Waals surface area contributed by atoms with Crippen LogP contribution in [0.25, 0.3) is 5.57 Å². The van der Waals surface area contributed by atoms with Gasteiger partial charge in [0.15, 0.2) is 5.78 Å². The molecular formula is C31H32O3. The van der Waals surface area contributed by atoms with Gasteiger partial charge in [0, 0.05) is 11.1 Å². The lowest BCUT2D eigenvalue weighted by molar-refractivity contribution is 0.0458. The molecule has 0 radical (unpaired) electrons. The van der Waals surface area contributed by atoms with E-state index >= 15 is 0 Å². The number of hydrogen-bond donors (Lipinski definition) is 0. The largest absolute Gasteiger partial charge is 0.462 e. The molecule has 0 spiro atoms. The van der Waals surface area contributed by atoms with Gasteiger partial charge in [-0.25, -0.2) is 4.79 Å². The second kappa shape index (κ2) is 11.4. The predicted octanol–water partition coefficient (Wildman–Crippen LogP) is 7.53. The minimum atomic E-state index is -0.288. The molecule has 174 valence electrons. The summed E-state index contributed by atoms with van der Waals surface area (Å²) < 4.78 is 5.49. The zero-order chi connectivity index (χ0) is 24.6. The Morgan fingerprint density at radius 1 is 0.735 bits per heavy atom. The van der Waals surface area contributed by atoms with Crippen molar-refractivity contribution in [3.63, 3.8) is 0 Å². The molecule has 0 aliphatic carbocycles. The van der Waals surface area contributed by atoms with Crippen molar-refractivity contribution < 1.29 is 14.3 Å². The predicted molar refractivity (Wildman–Crippen MR) is 138 cm³/mol. The Morgan fingerprint density at radius 3 is 1.79 bits per heavy atom. The maximum Gasteiger partial charge on any atom is 0.338 e. The number of esters is 1. The SMILES string of the molecule is CC(=O)c1ccc(C(=C=C(C)CC(C)(C)CCOC(=O)c2ccccc2)c2ccccc2)cc1. The first-order valence-electron chi connectivity index (χ1n) is 11.6. The quantitative estimate of drug-likeness (QED) is 0.191. The van der Waals surface area contributed by atoms with Gasteiger partial charge < -0.3 is 4.74 Å². The average molecular weight is 453 g/mol. The smallest absolute Gasteiger partial charge is 0.338 e. The van der Waals surface area contributed by atoms with Gasteiger partial charge in [-0.2, -0.15) is 0 Å². The Hall–Kier alpha value is -3.68. The number of hydrogen-bond acceptors (Lipinski definition) is 3. The molecule has 34 heavy (non-hydrogen) atoms. The third-order valence-corrected chi connectivity index (χ3v) is 5.75. The van der Waals surface area contributed by atoms with Gasteiger partial charge in [0.1, 0.15) is 0 Å². The van der Waals surface area contributed by atoms with Gasteiger partial charge in [0.25, 0.3) is 0 Å². The van der Waals surface area contributed by atoms with Crippen LogP contribution in [0.5, 0.6) is 0 Å². The summed E-state index contributed by atoms with van der Waals surface area (Å²) in [5.41, 5.74) is 9.04. The Bertz CT molecular complexity index is 1180. The van der Waals surface area contributed by atoms with Gasteiger partial charge in [0.2, 0.25) is 0 Å². The first-order valence-corrected chi connectivity index (χ1v) is 11.6. The molecule has 3 rings (SSSR count). The number of carbonyl (C=O) groups is 2. The molecule has 3 heteroatoms. The molecule has 0 N–H and O–H groups in total. The lowest BCUT2D eigenvalue weighted by Crippen LogP contribution is -2.17. The molecular weight excluding hydrogens is 420 g/mol. The second-order valence-corrected chi connectivity index (χ2v) is 9.37. The molecule has 0 atom stereocenters. The van der Waals surface area contributed by atoms with Crippen molar-refractivity contribution in [3.05, 3.63) is 118 Å². The molecule has 0 bridgehead atoms. The number of benzene rings is 3. The molecule has 0 saturated carbocycles. The summed E-state index contributed by atoms with van der Waals surface area (Å²) >= 11 is 0. The minimum absolute atomic E-state index is 0.0539. The van der Waals surface area contributed by atoms with Crippen molar-refractivity contribution in [2.24, 2.45) is 5.41 Å². The van der Waals surface area contributed by atoms with E-state index < -0.39 is 0 Å². The number of ether oxygens (including phenoxy) is 1. The fourth-order valence-corrected chi connectivity index (χ4v) is 3.93. The Kier molecular flexibility index (Phi) is 8.40. The zero-order valence-electron chi connectivity index (χ0n) is 20.4. The van der Waals surface area contributed by atoms with E-state index in [0.717, 1.165) is 35.1 Å². The fourth-order valence-electron chi connectivity index (χ4n) is 3.93. The van der Waals surface area contributed by atoms with Crippen LogP contribution in [0.2, 0.25) is 0 Å². The van der Waals surface area contributed by atoms with Crippen LogP contribution < -0.4 is 0 Å². The van der Waals surface area contributed by atoms with Crippen molar-refractivity contribution in [1.82, 2.24) is 0 Å². The van der Waals surface area contributed by atoms with Crippen LogP contribution in [0, 0.1) is 5.41 Å². The van der Waals surface area contributed by atoms with Gasteiger partial charge in [-0.05, 0) is 60.9 Å². The van der Waals surface area contributed by atoms with Crippen LogP contribution in [-0.2, 0) is 4.74 Å². The van der Waals surface area contributed by atoms with Crippen molar-refractivity contribution in [2.75, 3.05) is 6.61 Å². The summed E-state index contributed by atoms with van der Waals surface area (Å²) in [4.78, 5) is 23.9. The summed E-state index contributed by atoms with van der Waals surface area (Å²) in [5.74, 6) is -0.234. The highest BCUT2D eigenvalue weighted by Gasteiger charge is 2.20. The summed E-state index contributed by atoms with van der Waals surface area (Å²) in [6.07, 6.45) is 1.57. The van der Waals surface area contributed by atoms with E-state index in [-0.39, 0.29) is 17.2 Å². The second-order valence-electron chi connectivity index (χ2n) is 9.37. The van der Waals surface area contributed by atoms with E-state index in [9.17, 15) is 9.59 Å². The molecule has 0 aromatic heterocycles. The molecule has 0 fully saturated rings. The van der Waals surface area contributed by atoms with Gasteiger partial charge in [-0.3, -0.25) is 4.79 Å². The molecule has 0 amide bonds. The molecule has 0 saturated heterocycles. The molecule has 3 aromatic carbocycles. The Morgan fingerprint density at radius 2 is 1.24 bits per heavy atom. The molecule has 0 unspecified atom stereocenters. The Balaban J connectivity index is 1.77. The topological polar surface area (TPSA) is 43.4 Å². The standard InChI is InChI=1S/C31H32O3/c1-23(22-31(3,4)19-20-34-30(33)28-13-9-6-10-14-28)21-29(26-11-7-5-8-12-26)27-17-15-25(16-18-27)24(2)32/h5-18H,19-20,22H2,1-4H3. The highest BCUT2D eigenvalue weighted by Crippen LogP contribution is 2.30. The molecule has 3 nitrogen and oxygen atoms in total. The number of rotatable bonds is 9. The van der Waals surface area contributed by atoms with E-state index in [4.69, 9.17) is 4.74 Å². The van der Waals surface area contributed by atoms with Crippen LogP contribution in [0.3, 0.4) is 0 Å². The number of ketones is 1. The zero-order valence-corrected chi connectivity index (χ0v) is 20.4. The van der Waals surface area contributed by atoms with Gasteiger partial charge in [0.05, 0.1) is 12.2 Å². The third kappa shape index (κ3) is 7.16. The van der Waals surface area contributed by atoms with Crippen LogP contribution >= 0.6 is 0 Å². The van der Waals surface area contributed by atoms with E-state index in [1.165, 1.54) is 0 Å². The van der Waals surface area contributed by atoms with Crippen LogP contribution in [-0.4, -0.2) is 18.4 Å². The summed E-state index contributed by atoms with van der Waals surface area (Å²) in [6, 6.07) is 26.9. The van der Waals surface area contributed by atoms with Gasteiger partial charge in [-0.1, -0.05) is 86.6 Å². The van der Waals surface area contributed by atoms with E-state index in [2.05, 4.69) is 38.6 Å². The summed E-state index contributed by atoms with van der Waals surface area (Å²) in [6.45, 7) is 8.39. The summed E-state index contributed by atoms with van der Waals surface area (Å²) in [7, 11) is 0. The van der Waals surface area contributed by atoms with E-state index in [0.29, 0.717) is 17.7 Å². The first kappa shape index (κ1) is 25.0. The number of Topliss-reactive ketones (excluding diaryl/α,β-unsaturated/α-hetero) is 1. The number of carbonyl (C=O) groups excluding carboxylic acids is 2. The van der Waals surface area contributed by atoms with Crippen molar-refractivity contribution in [3.8, 4) is 0 Å². The van der Waals surface area contributed by atoms with Gasteiger partial charge in [-0.15, -0.1) is 5.73 Å². The lowest BCUT2D eigenvalue weighted by Gasteiger charge is -2.24. The normalized spacial score (nSPS) is 10.8. The average Bonchev–Trinajstić information content (AvgIpc) is 2.83.